The fraction of sp³-hybridized carbons (Fsp3) is 0.333. The highest BCUT2D eigenvalue weighted by Crippen LogP contribution is 2.36. The van der Waals surface area contributed by atoms with E-state index in [2.05, 4.69) is 47.9 Å². The molecule has 3 heterocycles. The van der Waals surface area contributed by atoms with Crippen LogP contribution in [0.25, 0.3) is 10.2 Å². The van der Waals surface area contributed by atoms with Gasteiger partial charge in [-0.05, 0) is 43.2 Å². The van der Waals surface area contributed by atoms with E-state index >= 15 is 0 Å². The zero-order valence-corrected chi connectivity index (χ0v) is 21.4. The Kier molecular flexibility index (Phi) is 6.73. The Labute approximate surface area is 210 Å². The summed E-state index contributed by atoms with van der Waals surface area (Å²) in [5.74, 6) is 2.86. The fourth-order valence-electron chi connectivity index (χ4n) is 4.59. The number of rotatable bonds is 6. The Balaban J connectivity index is 1.38. The molecule has 2 aromatic carbocycles. The Morgan fingerprint density at radius 1 is 1.00 bits per heavy atom. The maximum Gasteiger partial charge on any atom is 0.141 e. The van der Waals surface area contributed by atoms with Gasteiger partial charge in [-0.15, -0.1) is 11.3 Å². The van der Waals surface area contributed by atoms with Crippen molar-refractivity contribution in [2.75, 3.05) is 38.2 Å². The van der Waals surface area contributed by atoms with Crippen LogP contribution < -0.4 is 9.64 Å². The van der Waals surface area contributed by atoms with Crippen molar-refractivity contribution in [3.8, 4) is 5.75 Å². The first-order chi connectivity index (χ1) is 16.5. The SMILES string of the molecule is COc1ccc(Cl)cc1CN1CCN(c2nc(Cc3ccccc3)nc3sc(C)c(C)c23)CC1. The lowest BCUT2D eigenvalue weighted by Crippen LogP contribution is -2.46. The minimum atomic E-state index is 0.743. The molecular weight excluding hydrogens is 464 g/mol. The third-order valence-corrected chi connectivity index (χ3v) is 7.91. The number of ether oxygens (including phenoxy) is 1. The van der Waals surface area contributed by atoms with Crippen molar-refractivity contribution in [3.63, 3.8) is 0 Å². The van der Waals surface area contributed by atoms with Gasteiger partial charge >= 0.3 is 0 Å². The summed E-state index contributed by atoms with van der Waals surface area (Å²) in [6.45, 7) is 8.96. The number of methoxy groups -OCH3 is 1. The van der Waals surface area contributed by atoms with Gasteiger partial charge in [0, 0.05) is 54.6 Å². The van der Waals surface area contributed by atoms with E-state index in [-0.39, 0.29) is 0 Å². The van der Waals surface area contributed by atoms with Crippen LogP contribution >= 0.6 is 22.9 Å². The second-order valence-corrected chi connectivity index (χ2v) is 10.4. The maximum absolute atomic E-state index is 6.24. The van der Waals surface area contributed by atoms with Crippen molar-refractivity contribution in [2.45, 2.75) is 26.8 Å². The highest BCUT2D eigenvalue weighted by atomic mass is 35.5. The molecule has 7 heteroatoms. The number of fused-ring (bicyclic) bond motifs is 1. The summed E-state index contributed by atoms with van der Waals surface area (Å²) in [6, 6.07) is 16.3. The third-order valence-electron chi connectivity index (χ3n) is 6.57. The van der Waals surface area contributed by atoms with Crippen molar-refractivity contribution in [1.29, 1.82) is 0 Å². The van der Waals surface area contributed by atoms with Gasteiger partial charge in [0.1, 0.15) is 22.2 Å². The standard InChI is InChI=1S/C27H29ClN4OS/c1-18-19(2)34-27-25(18)26(29-24(30-27)15-20-7-5-4-6-8-20)32-13-11-31(12-14-32)17-21-16-22(28)9-10-23(21)33-3/h4-10,16H,11-15,17H2,1-3H3. The average Bonchev–Trinajstić information content (AvgIpc) is 3.13. The number of anilines is 1. The van der Waals surface area contributed by atoms with Gasteiger partial charge in [0.2, 0.25) is 0 Å². The van der Waals surface area contributed by atoms with Gasteiger partial charge in [-0.3, -0.25) is 4.90 Å². The molecule has 34 heavy (non-hydrogen) atoms. The number of hydrogen-bond acceptors (Lipinski definition) is 6. The van der Waals surface area contributed by atoms with Crippen molar-refractivity contribution in [1.82, 2.24) is 14.9 Å². The van der Waals surface area contributed by atoms with Crippen molar-refractivity contribution >= 4 is 39.0 Å². The minimum Gasteiger partial charge on any atom is -0.496 e. The normalized spacial score (nSPS) is 14.6. The van der Waals surface area contributed by atoms with Crippen LogP contribution in [0.2, 0.25) is 5.02 Å². The van der Waals surface area contributed by atoms with Gasteiger partial charge in [0.15, 0.2) is 0 Å². The lowest BCUT2D eigenvalue weighted by atomic mass is 10.1. The first-order valence-corrected chi connectivity index (χ1v) is 12.8. The van der Waals surface area contributed by atoms with E-state index in [1.54, 1.807) is 18.4 Å². The molecule has 5 rings (SSSR count). The van der Waals surface area contributed by atoms with Crippen LogP contribution in [-0.2, 0) is 13.0 Å². The van der Waals surface area contributed by atoms with Crippen LogP contribution in [0, 0.1) is 13.8 Å². The number of hydrogen-bond donors (Lipinski definition) is 0. The van der Waals surface area contributed by atoms with Crippen LogP contribution in [-0.4, -0.2) is 48.2 Å². The molecule has 176 valence electrons. The number of thiophene rings is 1. The summed E-state index contributed by atoms with van der Waals surface area (Å²) in [4.78, 5) is 17.4. The summed E-state index contributed by atoms with van der Waals surface area (Å²) in [5.41, 5.74) is 3.66. The zero-order chi connectivity index (χ0) is 23.7. The van der Waals surface area contributed by atoms with Crippen LogP contribution in [0.4, 0.5) is 5.82 Å². The van der Waals surface area contributed by atoms with E-state index < -0.39 is 0 Å². The molecule has 0 bridgehead atoms. The predicted molar refractivity (Wildman–Crippen MR) is 142 cm³/mol. The summed E-state index contributed by atoms with van der Waals surface area (Å²) in [5, 5.41) is 1.95. The van der Waals surface area contributed by atoms with Gasteiger partial charge in [0.05, 0.1) is 12.5 Å². The number of nitrogens with zero attached hydrogens (tertiary/aromatic N) is 4. The predicted octanol–water partition coefficient (Wildman–Crippen LogP) is 5.88. The van der Waals surface area contributed by atoms with E-state index in [1.165, 1.54) is 21.4 Å². The molecule has 0 atom stereocenters. The molecule has 0 spiro atoms. The lowest BCUT2D eigenvalue weighted by Gasteiger charge is -2.36. The number of benzene rings is 2. The number of piperazine rings is 1. The van der Waals surface area contributed by atoms with E-state index in [0.717, 1.165) is 72.0 Å². The summed E-state index contributed by atoms with van der Waals surface area (Å²) in [6.07, 6.45) is 0.744. The largest absolute Gasteiger partial charge is 0.496 e. The molecule has 0 unspecified atom stereocenters. The summed E-state index contributed by atoms with van der Waals surface area (Å²) in [7, 11) is 1.71. The van der Waals surface area contributed by atoms with Crippen molar-refractivity contribution < 1.29 is 4.74 Å². The van der Waals surface area contributed by atoms with Crippen LogP contribution in [0.5, 0.6) is 5.75 Å². The van der Waals surface area contributed by atoms with E-state index in [4.69, 9.17) is 26.3 Å². The maximum atomic E-state index is 6.24. The van der Waals surface area contributed by atoms with Crippen molar-refractivity contribution in [2.24, 2.45) is 0 Å². The molecule has 4 aromatic rings. The first kappa shape index (κ1) is 23.1. The topological polar surface area (TPSA) is 41.5 Å². The Morgan fingerprint density at radius 2 is 1.76 bits per heavy atom. The molecule has 0 aliphatic carbocycles. The Bertz CT molecular complexity index is 1300. The molecule has 2 aromatic heterocycles. The van der Waals surface area contributed by atoms with Gasteiger partial charge in [-0.25, -0.2) is 9.97 Å². The molecule has 0 radical (unpaired) electrons. The Morgan fingerprint density at radius 3 is 2.50 bits per heavy atom. The van der Waals surface area contributed by atoms with Gasteiger partial charge in [0.25, 0.3) is 0 Å². The van der Waals surface area contributed by atoms with Crippen LogP contribution in [0.15, 0.2) is 48.5 Å². The smallest absolute Gasteiger partial charge is 0.141 e. The van der Waals surface area contributed by atoms with Gasteiger partial charge in [-0.2, -0.15) is 0 Å². The van der Waals surface area contributed by atoms with Crippen molar-refractivity contribution in [3.05, 3.63) is 80.9 Å². The molecule has 1 saturated heterocycles. The van der Waals surface area contributed by atoms with Gasteiger partial charge in [-0.1, -0.05) is 41.9 Å². The monoisotopic (exact) mass is 492 g/mol. The lowest BCUT2D eigenvalue weighted by molar-refractivity contribution is 0.245. The van der Waals surface area contributed by atoms with Crippen LogP contribution in [0.3, 0.4) is 0 Å². The number of aromatic nitrogens is 2. The first-order valence-electron chi connectivity index (χ1n) is 11.6. The molecule has 1 aliphatic rings. The molecular formula is C27H29ClN4OS. The quantitative estimate of drug-likeness (QED) is 0.336. The molecule has 0 saturated carbocycles. The highest BCUT2D eigenvalue weighted by Gasteiger charge is 2.24. The molecule has 0 N–H and O–H groups in total. The van der Waals surface area contributed by atoms with E-state index in [1.807, 2.05) is 24.3 Å². The second kappa shape index (κ2) is 9.90. The molecule has 0 amide bonds. The molecule has 5 nitrogen and oxygen atoms in total. The molecule has 1 aliphatic heterocycles. The van der Waals surface area contributed by atoms with E-state index in [9.17, 15) is 0 Å². The van der Waals surface area contributed by atoms with Crippen LogP contribution in [0.1, 0.15) is 27.4 Å². The van der Waals surface area contributed by atoms with Gasteiger partial charge < -0.3 is 9.64 Å². The number of halogens is 1. The van der Waals surface area contributed by atoms with E-state index in [0.29, 0.717) is 0 Å². The summed E-state index contributed by atoms with van der Waals surface area (Å²) >= 11 is 8.02. The second-order valence-electron chi connectivity index (χ2n) is 8.81. The zero-order valence-electron chi connectivity index (χ0n) is 19.8. The highest BCUT2D eigenvalue weighted by molar-refractivity contribution is 7.18. The number of aryl methyl sites for hydroxylation is 2. The summed E-state index contributed by atoms with van der Waals surface area (Å²) < 4.78 is 5.55. The average molecular weight is 493 g/mol. The fourth-order valence-corrected chi connectivity index (χ4v) is 5.82. The minimum absolute atomic E-state index is 0.743. The third kappa shape index (κ3) is 4.76. The molecule has 1 fully saturated rings. The Hall–Kier alpha value is -2.67.